The van der Waals surface area contributed by atoms with E-state index < -0.39 is 5.82 Å². The Morgan fingerprint density at radius 1 is 1.21 bits per heavy atom. The number of imidazole rings is 1. The first-order chi connectivity index (χ1) is 16.4. The second kappa shape index (κ2) is 8.07. The van der Waals surface area contributed by atoms with Crippen LogP contribution in [0.4, 0.5) is 15.8 Å². The molecule has 0 saturated carbocycles. The van der Waals surface area contributed by atoms with E-state index in [1.165, 1.54) is 6.07 Å². The quantitative estimate of drug-likeness (QED) is 0.473. The lowest BCUT2D eigenvalue weighted by molar-refractivity contribution is -0.00895. The number of nitrogens with zero attached hydrogens (tertiary/aromatic N) is 5. The van der Waals surface area contributed by atoms with E-state index in [0.29, 0.717) is 34.5 Å². The number of aryl methyl sites for hydroxylation is 2. The third kappa shape index (κ3) is 3.68. The Bertz CT molecular complexity index is 1410. The van der Waals surface area contributed by atoms with Crippen LogP contribution in [0.5, 0.6) is 0 Å². The lowest BCUT2D eigenvalue weighted by Gasteiger charge is -2.30. The number of aromatic nitrogens is 4. The Morgan fingerprint density at radius 3 is 2.85 bits per heavy atom. The predicted octanol–water partition coefficient (Wildman–Crippen LogP) is 2.49. The molecule has 176 valence electrons. The van der Waals surface area contributed by atoms with E-state index in [-0.39, 0.29) is 11.6 Å². The van der Waals surface area contributed by atoms with Gasteiger partial charge in [0.05, 0.1) is 36.2 Å². The van der Waals surface area contributed by atoms with Crippen LogP contribution in [-0.2, 0) is 11.8 Å². The molecule has 4 aromatic rings. The van der Waals surface area contributed by atoms with Gasteiger partial charge in [-0.05, 0) is 25.5 Å². The maximum absolute atomic E-state index is 14.5. The third-order valence-electron chi connectivity index (χ3n) is 6.54. The average molecular weight is 464 g/mol. The van der Waals surface area contributed by atoms with Gasteiger partial charge in [-0.15, -0.1) is 0 Å². The Morgan fingerprint density at radius 2 is 2.06 bits per heavy atom. The topological polar surface area (TPSA) is 88.7 Å². The molecule has 0 bridgehead atoms. The number of nitrogens with one attached hydrogen (secondary N) is 2. The molecule has 0 aliphatic carbocycles. The van der Waals surface area contributed by atoms with Crippen molar-refractivity contribution in [3.8, 4) is 0 Å². The van der Waals surface area contributed by atoms with Gasteiger partial charge in [-0.25, -0.2) is 9.37 Å². The van der Waals surface area contributed by atoms with E-state index in [1.807, 2.05) is 19.3 Å². The van der Waals surface area contributed by atoms with Crippen LogP contribution in [-0.4, -0.2) is 63.5 Å². The number of carbonyl (C=O) groups excluding carboxylic acids is 1. The Balaban J connectivity index is 1.27. The summed E-state index contributed by atoms with van der Waals surface area (Å²) < 4.78 is 23.0. The van der Waals surface area contributed by atoms with Crippen molar-refractivity contribution in [3.05, 3.63) is 53.9 Å². The zero-order valence-electron chi connectivity index (χ0n) is 19.1. The number of hydrogen-bond acceptors (Lipinski definition) is 6. The van der Waals surface area contributed by atoms with Gasteiger partial charge < -0.3 is 24.7 Å². The summed E-state index contributed by atoms with van der Waals surface area (Å²) in [4.78, 5) is 19.7. The minimum atomic E-state index is -0.491. The second-order valence-electron chi connectivity index (χ2n) is 9.17. The van der Waals surface area contributed by atoms with Gasteiger partial charge in [-0.1, -0.05) is 0 Å². The number of ether oxygens (including phenoxy) is 1. The number of amides is 1. The van der Waals surface area contributed by atoms with Gasteiger partial charge in [0.2, 0.25) is 0 Å². The van der Waals surface area contributed by atoms with Crippen LogP contribution in [0.3, 0.4) is 0 Å². The van der Waals surface area contributed by atoms with Gasteiger partial charge in [-0.3, -0.25) is 9.48 Å². The fourth-order valence-corrected chi connectivity index (χ4v) is 4.89. The van der Waals surface area contributed by atoms with E-state index >= 15 is 0 Å². The smallest absolute Gasteiger partial charge is 0.257 e. The largest absolute Gasteiger partial charge is 0.378 e. The van der Waals surface area contributed by atoms with Crippen molar-refractivity contribution in [1.82, 2.24) is 24.5 Å². The van der Waals surface area contributed by atoms with Gasteiger partial charge in [-0.2, -0.15) is 5.10 Å². The molecule has 2 aliphatic heterocycles. The summed E-state index contributed by atoms with van der Waals surface area (Å²) in [5, 5.41) is 12.0. The van der Waals surface area contributed by atoms with Crippen LogP contribution >= 0.6 is 0 Å². The summed E-state index contributed by atoms with van der Waals surface area (Å²) in [6, 6.07) is 5.94. The average Bonchev–Trinajstić information content (AvgIpc) is 3.47. The highest BCUT2D eigenvalue weighted by molar-refractivity contribution is 6.13. The molecule has 1 aromatic carbocycles. The number of anilines is 2. The van der Waals surface area contributed by atoms with Gasteiger partial charge >= 0.3 is 0 Å². The van der Waals surface area contributed by atoms with Crippen molar-refractivity contribution >= 4 is 33.8 Å². The normalized spacial score (nSPS) is 18.7. The van der Waals surface area contributed by atoms with Crippen LogP contribution < -0.4 is 15.5 Å². The molecule has 10 heteroatoms. The molecule has 2 saturated heterocycles. The molecule has 1 atom stereocenters. The maximum atomic E-state index is 14.5. The molecule has 1 amide bonds. The molecule has 6 rings (SSSR count). The molecule has 2 aliphatic rings. The summed E-state index contributed by atoms with van der Waals surface area (Å²) in [6.45, 7) is 5.19. The summed E-state index contributed by atoms with van der Waals surface area (Å²) in [6.07, 6.45) is 6.38. The highest BCUT2D eigenvalue weighted by Crippen LogP contribution is 2.32. The van der Waals surface area contributed by atoms with Crippen molar-refractivity contribution in [3.63, 3.8) is 0 Å². The van der Waals surface area contributed by atoms with Crippen LogP contribution in [0.25, 0.3) is 16.6 Å². The fourth-order valence-electron chi connectivity index (χ4n) is 4.89. The van der Waals surface area contributed by atoms with Gasteiger partial charge in [0.1, 0.15) is 5.52 Å². The van der Waals surface area contributed by atoms with Crippen LogP contribution in [0.15, 0.2) is 36.8 Å². The maximum Gasteiger partial charge on any atom is 0.257 e. The molecular formula is C24H26FN7O2. The van der Waals surface area contributed by atoms with Crippen LogP contribution in [0, 0.1) is 12.7 Å². The molecule has 34 heavy (non-hydrogen) atoms. The van der Waals surface area contributed by atoms with Gasteiger partial charge in [0, 0.05) is 61.9 Å². The number of pyridine rings is 1. The fraction of sp³-hybridized carbons (Fsp3) is 0.375. The number of halogens is 1. The lowest BCUT2D eigenvalue weighted by Crippen LogP contribution is -2.51. The van der Waals surface area contributed by atoms with Crippen molar-refractivity contribution in [2.24, 2.45) is 7.05 Å². The minimum absolute atomic E-state index is 0.232. The molecule has 5 heterocycles. The minimum Gasteiger partial charge on any atom is -0.378 e. The highest BCUT2D eigenvalue weighted by Gasteiger charge is 2.29. The van der Waals surface area contributed by atoms with Crippen molar-refractivity contribution in [1.29, 1.82) is 0 Å². The number of fused-ring (bicyclic) bond motifs is 2. The van der Waals surface area contributed by atoms with E-state index in [4.69, 9.17) is 4.74 Å². The summed E-state index contributed by atoms with van der Waals surface area (Å²) in [5.74, 6) is -0.827. The first-order valence-corrected chi connectivity index (χ1v) is 11.5. The SMILES string of the molecule is Cc1cn2cc(NC(=O)c3ccc(N4CC[C@@H](NC5COC5)C4)c4cn(C)nc34)cc(F)c2n1. The standard InChI is InChI=1S/C24H26FN7O2/c1-14-8-32-10-16(7-20(25)23(32)26-14)28-24(33)18-3-4-21(19-11-30(2)29-22(18)19)31-6-5-15(9-31)27-17-12-34-13-17/h3-4,7-8,10-11,15,17,27H,5-6,9,12-13H2,1-2H3,(H,28,33)/t15-/m1/s1. The van der Waals surface area contributed by atoms with Crippen LogP contribution in [0.2, 0.25) is 0 Å². The van der Waals surface area contributed by atoms with Gasteiger partial charge in [0.25, 0.3) is 5.91 Å². The van der Waals surface area contributed by atoms with Crippen molar-refractivity contribution in [2.75, 3.05) is 36.5 Å². The summed E-state index contributed by atoms with van der Waals surface area (Å²) >= 11 is 0. The molecule has 9 nitrogen and oxygen atoms in total. The zero-order valence-corrected chi connectivity index (χ0v) is 19.1. The Hall–Kier alpha value is -3.50. The number of rotatable bonds is 5. The highest BCUT2D eigenvalue weighted by atomic mass is 19.1. The lowest BCUT2D eigenvalue weighted by atomic mass is 10.1. The summed E-state index contributed by atoms with van der Waals surface area (Å²) in [7, 11) is 1.85. The van der Waals surface area contributed by atoms with Crippen molar-refractivity contribution < 1.29 is 13.9 Å². The first-order valence-electron chi connectivity index (χ1n) is 11.5. The van der Waals surface area contributed by atoms with E-state index in [2.05, 4.69) is 25.6 Å². The number of carbonyl (C=O) groups is 1. The van der Waals surface area contributed by atoms with Crippen molar-refractivity contribution in [2.45, 2.75) is 25.4 Å². The second-order valence-corrected chi connectivity index (χ2v) is 9.17. The molecule has 0 spiro atoms. The molecular weight excluding hydrogens is 437 g/mol. The summed E-state index contributed by atoms with van der Waals surface area (Å²) in [5.41, 5.74) is 3.43. The first kappa shape index (κ1) is 21.1. The molecule has 0 unspecified atom stereocenters. The third-order valence-corrected chi connectivity index (χ3v) is 6.54. The molecule has 3 aromatic heterocycles. The Labute approximate surface area is 195 Å². The van der Waals surface area contributed by atoms with Gasteiger partial charge in [0.15, 0.2) is 11.5 Å². The van der Waals surface area contributed by atoms with E-state index in [0.717, 1.165) is 43.8 Å². The number of hydrogen-bond donors (Lipinski definition) is 2. The molecule has 0 radical (unpaired) electrons. The number of benzene rings is 1. The predicted molar refractivity (Wildman–Crippen MR) is 127 cm³/mol. The molecule has 2 fully saturated rings. The zero-order chi connectivity index (χ0) is 23.4. The van der Waals surface area contributed by atoms with E-state index in [9.17, 15) is 9.18 Å². The molecule has 2 N–H and O–H groups in total. The van der Waals surface area contributed by atoms with E-state index in [1.54, 1.807) is 34.5 Å². The van der Waals surface area contributed by atoms with Crippen LogP contribution in [0.1, 0.15) is 22.5 Å². The Kier molecular flexibility index (Phi) is 5.00. The monoisotopic (exact) mass is 463 g/mol.